The van der Waals surface area contributed by atoms with Crippen LogP contribution in [0.5, 0.6) is 0 Å². The van der Waals surface area contributed by atoms with Gasteiger partial charge in [0.2, 0.25) is 0 Å². The molecule has 3 aromatic heterocycles. The van der Waals surface area contributed by atoms with Gasteiger partial charge in [0.25, 0.3) is 0 Å². The smallest absolute Gasteiger partial charge is 0.159 e. The Kier molecular flexibility index (Phi) is 6.86. The number of nitrogens with zero attached hydrogens (tertiary/aromatic N) is 2. The second-order valence-electron chi connectivity index (χ2n) is 14.5. The predicted molar refractivity (Wildman–Crippen MR) is 235 cm³/mol. The molecular formula is C52H32N2O3. The van der Waals surface area contributed by atoms with Crippen molar-refractivity contribution in [2.45, 2.75) is 0 Å². The molecule has 0 saturated carbocycles. The lowest BCUT2D eigenvalue weighted by Gasteiger charge is -2.30. The number of hydrogen-bond donors (Lipinski definition) is 0. The van der Waals surface area contributed by atoms with Crippen molar-refractivity contribution in [3.8, 4) is 0 Å². The zero-order chi connectivity index (χ0) is 37.5. The van der Waals surface area contributed by atoms with Crippen molar-refractivity contribution in [2.75, 3.05) is 9.80 Å². The van der Waals surface area contributed by atoms with E-state index < -0.39 is 0 Å². The highest BCUT2D eigenvalue weighted by Gasteiger charge is 2.27. The molecule has 9 aromatic carbocycles. The maximum absolute atomic E-state index is 7.18. The first kappa shape index (κ1) is 31.6. The molecule has 5 nitrogen and oxygen atoms in total. The molecule has 12 rings (SSSR count). The third kappa shape index (κ3) is 4.89. The van der Waals surface area contributed by atoms with E-state index in [-0.39, 0.29) is 0 Å². The van der Waals surface area contributed by atoms with Gasteiger partial charge in [0.15, 0.2) is 5.58 Å². The van der Waals surface area contributed by atoms with Crippen LogP contribution in [0.3, 0.4) is 0 Å². The average molecular weight is 733 g/mol. The topological polar surface area (TPSA) is 45.9 Å². The molecule has 0 unspecified atom stereocenters. The minimum atomic E-state index is 0.778. The van der Waals surface area contributed by atoms with Crippen molar-refractivity contribution >= 4 is 111 Å². The third-order valence-corrected chi connectivity index (χ3v) is 11.2. The van der Waals surface area contributed by atoms with Crippen LogP contribution in [0.1, 0.15) is 0 Å². The van der Waals surface area contributed by atoms with Crippen LogP contribution in [0.25, 0.3) is 76.6 Å². The number of fused-ring (bicyclic) bond motifs is 11. The van der Waals surface area contributed by atoms with Crippen LogP contribution in [0.15, 0.2) is 207 Å². The number of anilines is 6. The normalized spacial score (nSPS) is 11.9. The summed E-state index contributed by atoms with van der Waals surface area (Å²) in [4.78, 5) is 4.64. The fourth-order valence-corrected chi connectivity index (χ4v) is 8.67. The Morgan fingerprint density at radius 2 is 0.895 bits per heavy atom. The summed E-state index contributed by atoms with van der Waals surface area (Å²) in [5.74, 6) is 0. The summed E-state index contributed by atoms with van der Waals surface area (Å²) >= 11 is 0. The van der Waals surface area contributed by atoms with E-state index in [0.29, 0.717) is 0 Å². The van der Waals surface area contributed by atoms with Gasteiger partial charge in [-0.1, -0.05) is 109 Å². The van der Waals surface area contributed by atoms with Gasteiger partial charge in [0.1, 0.15) is 27.9 Å². The summed E-state index contributed by atoms with van der Waals surface area (Å²) in [6.07, 6.45) is 0. The number of benzene rings is 9. The van der Waals surface area contributed by atoms with Crippen molar-refractivity contribution in [3.05, 3.63) is 194 Å². The average Bonchev–Trinajstić information content (AvgIpc) is 3.96. The van der Waals surface area contributed by atoms with Crippen molar-refractivity contribution < 1.29 is 13.3 Å². The summed E-state index contributed by atoms with van der Waals surface area (Å²) in [6.45, 7) is 0. The van der Waals surface area contributed by atoms with Gasteiger partial charge in [-0.3, -0.25) is 0 Å². The molecule has 0 fully saturated rings. The van der Waals surface area contributed by atoms with Crippen LogP contribution in [0, 0.1) is 0 Å². The zero-order valence-corrected chi connectivity index (χ0v) is 30.6. The molecule has 268 valence electrons. The standard InChI is InChI=1S/C52H32N2O3/c1-3-15-34(16-4-1)53(35-17-5-2-6-18-35)37-30-43-41-28-26-33-14-7-8-19-38(33)51(41)57-52(43)45(31-37)54(36-27-29-40-39-20-9-11-23-46(39)56-49(40)32-36)44-22-13-25-48-50(44)42-21-10-12-24-47(42)55-48/h1-32H. The SMILES string of the molecule is c1ccc(N(c2ccccc2)c2cc(N(c3ccc4c(c3)oc3ccccc34)c3cccc4oc5ccccc5c34)c3oc4c5ccccc5ccc4c3c2)cc1. The molecule has 0 atom stereocenters. The molecule has 12 aromatic rings. The lowest BCUT2D eigenvalue weighted by atomic mass is 10.0. The molecule has 5 heteroatoms. The third-order valence-electron chi connectivity index (χ3n) is 11.2. The number of furan rings is 3. The maximum atomic E-state index is 7.18. The van der Waals surface area contributed by atoms with Gasteiger partial charge >= 0.3 is 0 Å². The summed E-state index contributed by atoms with van der Waals surface area (Å²) < 4.78 is 20.2. The van der Waals surface area contributed by atoms with Crippen LogP contribution < -0.4 is 9.80 Å². The molecule has 0 aliphatic heterocycles. The highest BCUT2D eigenvalue weighted by Crippen LogP contribution is 2.50. The quantitative estimate of drug-likeness (QED) is 0.170. The molecule has 0 bridgehead atoms. The summed E-state index contributed by atoms with van der Waals surface area (Å²) in [7, 11) is 0. The molecule has 0 N–H and O–H groups in total. The van der Waals surface area contributed by atoms with Gasteiger partial charge < -0.3 is 23.1 Å². The summed E-state index contributed by atoms with van der Waals surface area (Å²) in [6, 6.07) is 67.7. The first-order valence-corrected chi connectivity index (χ1v) is 19.2. The molecule has 0 aliphatic carbocycles. The summed E-state index contributed by atoms with van der Waals surface area (Å²) in [5.41, 5.74) is 10.8. The lowest BCUT2D eigenvalue weighted by molar-refractivity contribution is 0.668. The molecule has 57 heavy (non-hydrogen) atoms. The first-order chi connectivity index (χ1) is 28.3. The zero-order valence-electron chi connectivity index (χ0n) is 30.6. The van der Waals surface area contributed by atoms with Gasteiger partial charge in [-0.25, -0.2) is 0 Å². The molecular weight excluding hydrogens is 701 g/mol. The largest absolute Gasteiger partial charge is 0.456 e. The fraction of sp³-hybridized carbons (Fsp3) is 0. The minimum absolute atomic E-state index is 0.778. The second-order valence-corrected chi connectivity index (χ2v) is 14.5. The molecule has 0 radical (unpaired) electrons. The molecule has 3 heterocycles. The highest BCUT2D eigenvalue weighted by molar-refractivity contribution is 6.20. The summed E-state index contributed by atoms with van der Waals surface area (Å²) in [5, 5.41) is 8.46. The molecule has 0 amide bonds. The van der Waals surface area contributed by atoms with Crippen molar-refractivity contribution in [1.29, 1.82) is 0 Å². The van der Waals surface area contributed by atoms with E-state index in [9.17, 15) is 0 Å². The van der Waals surface area contributed by atoms with E-state index in [0.717, 1.165) is 111 Å². The Morgan fingerprint density at radius 3 is 1.68 bits per heavy atom. The van der Waals surface area contributed by atoms with Gasteiger partial charge in [-0.15, -0.1) is 0 Å². The van der Waals surface area contributed by atoms with Crippen LogP contribution in [-0.2, 0) is 0 Å². The Bertz CT molecular complexity index is 3450. The second kappa shape index (κ2) is 12.4. The van der Waals surface area contributed by atoms with E-state index in [1.165, 1.54) is 0 Å². The van der Waals surface area contributed by atoms with Gasteiger partial charge in [0.05, 0.1) is 22.4 Å². The van der Waals surface area contributed by atoms with Gasteiger partial charge in [0, 0.05) is 55.4 Å². The van der Waals surface area contributed by atoms with Crippen molar-refractivity contribution in [1.82, 2.24) is 0 Å². The van der Waals surface area contributed by atoms with Gasteiger partial charge in [-0.05, 0) is 84.2 Å². The van der Waals surface area contributed by atoms with Crippen LogP contribution >= 0.6 is 0 Å². The Hall–Kier alpha value is -7.76. The highest BCUT2D eigenvalue weighted by atomic mass is 16.3. The molecule has 0 aliphatic rings. The van der Waals surface area contributed by atoms with E-state index in [1.807, 2.05) is 30.3 Å². The molecule has 0 saturated heterocycles. The Morgan fingerprint density at radius 1 is 0.281 bits per heavy atom. The predicted octanol–water partition coefficient (Wildman–Crippen LogP) is 15.5. The van der Waals surface area contributed by atoms with E-state index >= 15 is 0 Å². The van der Waals surface area contributed by atoms with Gasteiger partial charge in [-0.2, -0.15) is 0 Å². The van der Waals surface area contributed by atoms with E-state index in [4.69, 9.17) is 13.3 Å². The number of rotatable bonds is 6. The molecule has 0 spiro atoms. The van der Waals surface area contributed by atoms with Crippen molar-refractivity contribution in [2.24, 2.45) is 0 Å². The minimum Gasteiger partial charge on any atom is -0.456 e. The maximum Gasteiger partial charge on any atom is 0.159 e. The Balaban J connectivity index is 1.23. The number of para-hydroxylation sites is 4. The number of hydrogen-bond acceptors (Lipinski definition) is 5. The first-order valence-electron chi connectivity index (χ1n) is 19.2. The fourth-order valence-electron chi connectivity index (χ4n) is 8.67. The monoisotopic (exact) mass is 732 g/mol. The van der Waals surface area contributed by atoms with E-state index in [1.54, 1.807) is 0 Å². The van der Waals surface area contributed by atoms with E-state index in [2.05, 4.69) is 174 Å². The van der Waals surface area contributed by atoms with Crippen molar-refractivity contribution in [3.63, 3.8) is 0 Å². The lowest BCUT2D eigenvalue weighted by Crippen LogP contribution is -2.13. The van der Waals surface area contributed by atoms with Crippen LogP contribution in [0.4, 0.5) is 34.1 Å². The van der Waals surface area contributed by atoms with Crippen LogP contribution in [0.2, 0.25) is 0 Å². The Labute approximate surface area is 326 Å². The van der Waals surface area contributed by atoms with Crippen LogP contribution in [-0.4, -0.2) is 0 Å².